The number of amides is 2. The van der Waals surface area contributed by atoms with Crippen LogP contribution >= 0.6 is 11.6 Å². The first-order chi connectivity index (χ1) is 15.5. The first kappa shape index (κ1) is 22.1. The Labute approximate surface area is 192 Å². The van der Waals surface area contributed by atoms with Crippen LogP contribution in [-0.4, -0.2) is 34.7 Å². The summed E-state index contributed by atoms with van der Waals surface area (Å²) in [5.74, 6) is 0.495. The Morgan fingerprint density at radius 1 is 1.19 bits per heavy atom. The van der Waals surface area contributed by atoms with E-state index in [1.807, 2.05) is 52.8 Å². The summed E-state index contributed by atoms with van der Waals surface area (Å²) in [5.41, 5.74) is 3.27. The van der Waals surface area contributed by atoms with Gasteiger partial charge in [0.05, 0.1) is 11.0 Å². The summed E-state index contributed by atoms with van der Waals surface area (Å²) in [6, 6.07) is 13.0. The second-order valence-electron chi connectivity index (χ2n) is 8.20. The van der Waals surface area contributed by atoms with Gasteiger partial charge in [0.2, 0.25) is 0 Å². The van der Waals surface area contributed by atoms with Gasteiger partial charge in [-0.05, 0) is 56.0 Å². The number of nitrogens with one attached hydrogen (secondary N) is 2. The lowest BCUT2D eigenvalue weighted by Crippen LogP contribution is -2.47. The minimum atomic E-state index is -0.252. The number of para-hydroxylation sites is 2. The lowest BCUT2D eigenvalue weighted by molar-refractivity contribution is 0.246. The van der Waals surface area contributed by atoms with Gasteiger partial charge in [-0.1, -0.05) is 36.7 Å². The number of urea groups is 1. The molecule has 4 rings (SSSR count). The highest BCUT2D eigenvalue weighted by atomic mass is 35.5. The van der Waals surface area contributed by atoms with Crippen molar-refractivity contribution in [3.63, 3.8) is 0 Å². The van der Waals surface area contributed by atoms with Gasteiger partial charge in [0.15, 0.2) is 5.82 Å². The van der Waals surface area contributed by atoms with E-state index in [9.17, 15) is 9.59 Å². The molecule has 0 aliphatic carbocycles. The maximum atomic E-state index is 13.2. The van der Waals surface area contributed by atoms with Crippen molar-refractivity contribution in [1.82, 2.24) is 14.9 Å². The number of hydrogen-bond acceptors (Lipinski definition) is 4. The Balaban J connectivity index is 1.42. The SMILES string of the molecule is CCCn1c(=O)c(N2CCC(NC(=O)Nc3ccc(C)c(Cl)c3)CC2)nc2ccccc21. The Morgan fingerprint density at radius 3 is 2.66 bits per heavy atom. The molecule has 1 aliphatic heterocycles. The monoisotopic (exact) mass is 453 g/mol. The van der Waals surface area contributed by atoms with Crippen molar-refractivity contribution < 1.29 is 4.79 Å². The molecule has 168 valence electrons. The molecule has 0 radical (unpaired) electrons. The van der Waals surface area contributed by atoms with Gasteiger partial charge in [0, 0.05) is 36.4 Å². The summed E-state index contributed by atoms with van der Waals surface area (Å²) < 4.78 is 1.82. The van der Waals surface area contributed by atoms with Crippen molar-refractivity contribution in [3.8, 4) is 0 Å². The minimum Gasteiger partial charge on any atom is -0.352 e. The Kier molecular flexibility index (Phi) is 6.65. The summed E-state index contributed by atoms with van der Waals surface area (Å²) in [7, 11) is 0. The molecule has 7 nitrogen and oxygen atoms in total. The van der Waals surface area contributed by atoms with E-state index in [-0.39, 0.29) is 17.6 Å². The highest BCUT2D eigenvalue weighted by Gasteiger charge is 2.24. The largest absolute Gasteiger partial charge is 0.352 e. The summed E-state index contributed by atoms with van der Waals surface area (Å²) in [5, 5.41) is 6.48. The number of fused-ring (bicyclic) bond motifs is 1. The molecule has 0 spiro atoms. The van der Waals surface area contributed by atoms with Gasteiger partial charge >= 0.3 is 6.03 Å². The second-order valence-corrected chi connectivity index (χ2v) is 8.61. The maximum absolute atomic E-state index is 13.2. The molecule has 1 fully saturated rings. The zero-order valence-electron chi connectivity index (χ0n) is 18.4. The number of anilines is 2. The van der Waals surface area contributed by atoms with Crippen LogP contribution in [0.2, 0.25) is 5.02 Å². The fraction of sp³-hybridized carbons (Fsp3) is 0.375. The molecule has 2 N–H and O–H groups in total. The average molecular weight is 454 g/mol. The Hall–Kier alpha value is -3.06. The number of benzene rings is 2. The van der Waals surface area contributed by atoms with Gasteiger partial charge in [0.1, 0.15) is 0 Å². The van der Waals surface area contributed by atoms with E-state index in [0.717, 1.165) is 35.9 Å². The third-order valence-corrected chi connectivity index (χ3v) is 6.25. The number of piperidine rings is 1. The quantitative estimate of drug-likeness (QED) is 0.593. The normalized spacial score (nSPS) is 14.5. The van der Waals surface area contributed by atoms with Crippen LogP contribution in [0.4, 0.5) is 16.3 Å². The molecular weight excluding hydrogens is 426 g/mol. The Morgan fingerprint density at radius 2 is 1.94 bits per heavy atom. The van der Waals surface area contributed by atoms with Crippen molar-refractivity contribution in [2.24, 2.45) is 0 Å². The second kappa shape index (κ2) is 9.61. The minimum absolute atomic E-state index is 0.0329. The van der Waals surface area contributed by atoms with Gasteiger partial charge in [-0.25, -0.2) is 9.78 Å². The van der Waals surface area contributed by atoms with E-state index in [1.54, 1.807) is 6.07 Å². The molecule has 1 saturated heterocycles. The van der Waals surface area contributed by atoms with Crippen LogP contribution in [0, 0.1) is 6.92 Å². The molecule has 0 atom stereocenters. The van der Waals surface area contributed by atoms with Gasteiger partial charge in [-0.3, -0.25) is 4.79 Å². The van der Waals surface area contributed by atoms with E-state index in [0.29, 0.717) is 36.2 Å². The maximum Gasteiger partial charge on any atom is 0.319 e. The topological polar surface area (TPSA) is 79.3 Å². The van der Waals surface area contributed by atoms with Crippen molar-refractivity contribution in [2.45, 2.75) is 45.7 Å². The fourth-order valence-electron chi connectivity index (χ4n) is 4.09. The van der Waals surface area contributed by atoms with Crippen molar-refractivity contribution in [2.75, 3.05) is 23.3 Å². The molecule has 32 heavy (non-hydrogen) atoms. The molecule has 2 amide bonds. The lowest BCUT2D eigenvalue weighted by Gasteiger charge is -2.33. The number of carbonyl (C=O) groups excluding carboxylic acids is 1. The molecule has 1 aliphatic rings. The third kappa shape index (κ3) is 4.72. The summed E-state index contributed by atoms with van der Waals surface area (Å²) in [6.07, 6.45) is 2.36. The molecule has 0 unspecified atom stereocenters. The highest BCUT2D eigenvalue weighted by Crippen LogP contribution is 2.21. The van der Waals surface area contributed by atoms with Crippen LogP contribution in [0.1, 0.15) is 31.7 Å². The van der Waals surface area contributed by atoms with E-state index in [1.165, 1.54) is 0 Å². The van der Waals surface area contributed by atoms with Crippen LogP contribution in [0.15, 0.2) is 47.3 Å². The molecular formula is C24H28ClN5O2. The zero-order valence-corrected chi connectivity index (χ0v) is 19.2. The summed E-state index contributed by atoms with van der Waals surface area (Å²) in [4.78, 5) is 32.3. The van der Waals surface area contributed by atoms with Gasteiger partial charge in [-0.2, -0.15) is 0 Å². The van der Waals surface area contributed by atoms with Crippen LogP contribution in [0.3, 0.4) is 0 Å². The number of hydrogen-bond donors (Lipinski definition) is 2. The number of nitrogens with zero attached hydrogens (tertiary/aromatic N) is 3. The molecule has 2 heterocycles. The van der Waals surface area contributed by atoms with Crippen molar-refractivity contribution in [3.05, 3.63) is 63.4 Å². The molecule has 0 bridgehead atoms. The molecule has 1 aromatic heterocycles. The van der Waals surface area contributed by atoms with Crippen LogP contribution in [0.25, 0.3) is 11.0 Å². The number of aryl methyl sites for hydroxylation is 2. The van der Waals surface area contributed by atoms with E-state index in [2.05, 4.69) is 22.5 Å². The predicted molar refractivity (Wildman–Crippen MR) is 130 cm³/mol. The van der Waals surface area contributed by atoms with Crippen molar-refractivity contribution in [1.29, 1.82) is 0 Å². The molecule has 0 saturated carbocycles. The van der Waals surface area contributed by atoms with Crippen molar-refractivity contribution >= 4 is 40.2 Å². The summed E-state index contributed by atoms with van der Waals surface area (Å²) >= 11 is 6.13. The first-order valence-electron chi connectivity index (χ1n) is 11.0. The smallest absolute Gasteiger partial charge is 0.319 e. The number of rotatable bonds is 5. The number of aromatic nitrogens is 2. The number of carbonyl (C=O) groups is 1. The predicted octanol–water partition coefficient (Wildman–Crippen LogP) is 4.56. The summed E-state index contributed by atoms with van der Waals surface area (Å²) in [6.45, 7) is 5.97. The standard InChI is InChI=1S/C24H28ClN5O2/c1-3-12-30-21-7-5-4-6-20(21)28-22(23(30)31)29-13-10-17(11-14-29)26-24(32)27-18-9-8-16(2)19(25)15-18/h4-9,15,17H,3,10-14H2,1-2H3,(H2,26,27,32). The van der Waals surface area contributed by atoms with Crippen LogP contribution in [-0.2, 0) is 6.54 Å². The molecule has 8 heteroatoms. The van der Waals surface area contributed by atoms with Gasteiger partial charge < -0.3 is 20.1 Å². The van der Waals surface area contributed by atoms with Gasteiger partial charge in [0.25, 0.3) is 5.56 Å². The van der Waals surface area contributed by atoms with E-state index < -0.39 is 0 Å². The lowest BCUT2D eigenvalue weighted by atomic mass is 10.1. The first-order valence-corrected chi connectivity index (χ1v) is 11.4. The number of halogens is 1. The van der Waals surface area contributed by atoms with Crippen LogP contribution < -0.4 is 21.1 Å². The van der Waals surface area contributed by atoms with Crippen LogP contribution in [0.5, 0.6) is 0 Å². The van der Waals surface area contributed by atoms with E-state index >= 15 is 0 Å². The zero-order chi connectivity index (χ0) is 22.7. The highest BCUT2D eigenvalue weighted by molar-refractivity contribution is 6.31. The average Bonchev–Trinajstić information content (AvgIpc) is 2.79. The Bertz CT molecular complexity index is 1180. The molecule has 2 aromatic carbocycles. The fourth-order valence-corrected chi connectivity index (χ4v) is 4.27. The molecule has 3 aromatic rings. The van der Waals surface area contributed by atoms with Gasteiger partial charge in [-0.15, -0.1) is 0 Å². The van der Waals surface area contributed by atoms with E-state index in [4.69, 9.17) is 11.6 Å². The third-order valence-electron chi connectivity index (χ3n) is 5.84.